The average molecular weight is 459 g/mol. The van der Waals surface area contributed by atoms with Gasteiger partial charge in [0.15, 0.2) is 0 Å². The number of hydrogen-bond acceptors (Lipinski definition) is 4. The summed E-state index contributed by atoms with van der Waals surface area (Å²) < 4.78 is 10.7. The van der Waals surface area contributed by atoms with Crippen molar-refractivity contribution in [2.24, 2.45) is 0 Å². The molecule has 1 fully saturated rings. The van der Waals surface area contributed by atoms with E-state index in [-0.39, 0.29) is 0 Å². The summed E-state index contributed by atoms with van der Waals surface area (Å²) in [4.78, 5) is 7.61. The molecule has 34 heavy (non-hydrogen) atoms. The van der Waals surface area contributed by atoms with Crippen LogP contribution in [0.3, 0.4) is 0 Å². The fourth-order valence-corrected chi connectivity index (χ4v) is 4.79. The summed E-state index contributed by atoms with van der Waals surface area (Å²) >= 11 is 0. The van der Waals surface area contributed by atoms with E-state index in [1.807, 2.05) is 24.3 Å². The molecular formula is C30H38N2O2. The zero-order valence-corrected chi connectivity index (χ0v) is 21.1. The minimum atomic E-state index is 0.395. The number of ether oxygens (including phenoxy) is 2. The predicted octanol–water partition coefficient (Wildman–Crippen LogP) is 7.48. The van der Waals surface area contributed by atoms with Gasteiger partial charge in [-0.1, -0.05) is 57.4 Å². The van der Waals surface area contributed by atoms with Crippen LogP contribution < -0.4 is 14.4 Å². The number of aromatic nitrogens is 1. The summed E-state index contributed by atoms with van der Waals surface area (Å²) in [6.07, 6.45) is 6.49. The van der Waals surface area contributed by atoms with Crippen molar-refractivity contribution in [1.82, 2.24) is 4.98 Å². The van der Waals surface area contributed by atoms with Crippen molar-refractivity contribution in [3.63, 3.8) is 0 Å². The van der Waals surface area contributed by atoms with Crippen molar-refractivity contribution >= 4 is 5.69 Å². The van der Waals surface area contributed by atoms with E-state index in [0.29, 0.717) is 11.8 Å². The fourth-order valence-electron chi connectivity index (χ4n) is 4.79. The Kier molecular flexibility index (Phi) is 8.10. The van der Waals surface area contributed by atoms with Gasteiger partial charge in [-0.2, -0.15) is 0 Å². The Morgan fingerprint density at radius 2 is 1.32 bits per heavy atom. The normalized spacial score (nSPS) is 14.3. The first-order valence-corrected chi connectivity index (χ1v) is 12.6. The third-order valence-electron chi connectivity index (χ3n) is 6.89. The Balaban J connectivity index is 1.69. The number of anilines is 1. The van der Waals surface area contributed by atoms with E-state index in [2.05, 4.69) is 55.1 Å². The van der Waals surface area contributed by atoms with E-state index in [1.54, 1.807) is 14.2 Å². The quantitative estimate of drug-likeness (QED) is 0.333. The van der Waals surface area contributed by atoms with Gasteiger partial charge in [-0.15, -0.1) is 0 Å². The molecule has 0 aliphatic heterocycles. The fraction of sp³-hybridized carbons (Fsp3) is 0.433. The van der Waals surface area contributed by atoms with Crippen LogP contribution in [0.2, 0.25) is 0 Å². The van der Waals surface area contributed by atoms with Crippen LogP contribution in [0.5, 0.6) is 11.5 Å². The van der Waals surface area contributed by atoms with Crippen molar-refractivity contribution in [2.45, 2.75) is 70.9 Å². The predicted molar refractivity (Wildman–Crippen MR) is 140 cm³/mol. The SMILES string of the molecule is COc1ccc(CN(Cc2ccc(OC)cc2)c2cc(C(C)C)nc(C3CCCCC3)c2)cc1. The van der Waals surface area contributed by atoms with Gasteiger partial charge in [-0.3, -0.25) is 4.98 Å². The summed E-state index contributed by atoms with van der Waals surface area (Å²) in [6, 6.07) is 21.5. The van der Waals surface area contributed by atoms with Crippen LogP contribution in [0.25, 0.3) is 0 Å². The second-order valence-electron chi connectivity index (χ2n) is 9.72. The second-order valence-corrected chi connectivity index (χ2v) is 9.72. The van der Waals surface area contributed by atoms with Crippen molar-refractivity contribution < 1.29 is 9.47 Å². The highest BCUT2D eigenvalue weighted by molar-refractivity contribution is 5.51. The van der Waals surface area contributed by atoms with E-state index < -0.39 is 0 Å². The van der Waals surface area contributed by atoms with Gasteiger partial charge in [0.25, 0.3) is 0 Å². The molecular weight excluding hydrogens is 420 g/mol. The maximum Gasteiger partial charge on any atom is 0.118 e. The minimum absolute atomic E-state index is 0.395. The number of methoxy groups -OCH3 is 2. The molecule has 0 radical (unpaired) electrons. The molecule has 0 N–H and O–H groups in total. The van der Waals surface area contributed by atoms with Crippen LogP contribution >= 0.6 is 0 Å². The van der Waals surface area contributed by atoms with Gasteiger partial charge in [-0.05, 0) is 66.3 Å². The zero-order valence-electron chi connectivity index (χ0n) is 21.1. The Hall–Kier alpha value is -3.01. The standard InChI is InChI=1S/C30H38N2O2/c1-22(2)29-18-26(19-30(31-29)25-8-6-5-7-9-25)32(20-23-10-14-27(33-3)15-11-23)21-24-12-16-28(34-4)17-13-24/h10-19,22,25H,5-9,20-21H2,1-4H3. The molecule has 4 heteroatoms. The monoisotopic (exact) mass is 458 g/mol. The molecule has 0 amide bonds. The molecule has 1 aromatic heterocycles. The van der Waals surface area contributed by atoms with E-state index in [0.717, 1.165) is 24.6 Å². The highest BCUT2D eigenvalue weighted by Crippen LogP contribution is 2.35. The summed E-state index contributed by atoms with van der Waals surface area (Å²) in [5.41, 5.74) is 6.24. The minimum Gasteiger partial charge on any atom is -0.497 e. The highest BCUT2D eigenvalue weighted by atomic mass is 16.5. The van der Waals surface area contributed by atoms with E-state index in [9.17, 15) is 0 Å². The molecule has 1 saturated carbocycles. The van der Waals surface area contributed by atoms with Crippen molar-refractivity contribution in [2.75, 3.05) is 19.1 Å². The highest BCUT2D eigenvalue weighted by Gasteiger charge is 2.20. The molecule has 1 aliphatic carbocycles. The summed E-state index contributed by atoms with van der Waals surface area (Å²) in [7, 11) is 3.42. The number of nitrogens with zero attached hydrogens (tertiary/aromatic N) is 2. The Bertz CT molecular complexity index is 989. The Morgan fingerprint density at radius 3 is 1.79 bits per heavy atom. The molecule has 1 heterocycles. The lowest BCUT2D eigenvalue weighted by atomic mass is 9.86. The third kappa shape index (κ3) is 6.11. The second kappa shape index (κ2) is 11.4. The molecule has 0 saturated heterocycles. The zero-order chi connectivity index (χ0) is 23.9. The van der Waals surface area contributed by atoms with Crippen LogP contribution in [0.4, 0.5) is 5.69 Å². The van der Waals surface area contributed by atoms with Gasteiger partial charge in [0.2, 0.25) is 0 Å². The third-order valence-corrected chi connectivity index (χ3v) is 6.89. The first-order chi connectivity index (χ1) is 16.6. The average Bonchev–Trinajstić information content (AvgIpc) is 2.89. The molecule has 2 aromatic carbocycles. The molecule has 1 aliphatic rings. The lowest BCUT2D eigenvalue weighted by molar-refractivity contribution is 0.414. The van der Waals surface area contributed by atoms with Gasteiger partial charge in [0.1, 0.15) is 11.5 Å². The number of rotatable bonds is 9. The molecule has 180 valence electrons. The molecule has 4 rings (SSSR count). The van der Waals surface area contributed by atoms with Crippen LogP contribution in [0.15, 0.2) is 60.7 Å². The molecule has 0 spiro atoms. The summed E-state index contributed by atoms with van der Waals surface area (Å²) in [6.45, 7) is 6.13. The van der Waals surface area contributed by atoms with Crippen molar-refractivity contribution in [3.8, 4) is 11.5 Å². The maximum atomic E-state index is 5.37. The van der Waals surface area contributed by atoms with Crippen LogP contribution in [0, 0.1) is 0 Å². The lowest BCUT2D eigenvalue weighted by Gasteiger charge is -2.29. The smallest absolute Gasteiger partial charge is 0.118 e. The topological polar surface area (TPSA) is 34.6 Å². The molecule has 4 nitrogen and oxygen atoms in total. The number of hydrogen-bond donors (Lipinski definition) is 0. The van der Waals surface area contributed by atoms with Gasteiger partial charge < -0.3 is 14.4 Å². The Labute approximate surface area is 204 Å². The number of benzene rings is 2. The van der Waals surface area contributed by atoms with E-state index in [4.69, 9.17) is 14.5 Å². The summed E-state index contributed by atoms with van der Waals surface area (Å²) in [5.74, 6) is 2.74. The van der Waals surface area contributed by atoms with Crippen LogP contribution in [0.1, 0.15) is 80.3 Å². The van der Waals surface area contributed by atoms with Crippen LogP contribution in [-0.2, 0) is 13.1 Å². The van der Waals surface area contributed by atoms with Gasteiger partial charge in [0, 0.05) is 36.1 Å². The first kappa shape index (κ1) is 24.1. The first-order valence-electron chi connectivity index (χ1n) is 12.6. The van der Waals surface area contributed by atoms with Gasteiger partial charge in [0.05, 0.1) is 14.2 Å². The molecule has 0 atom stereocenters. The largest absolute Gasteiger partial charge is 0.497 e. The molecule has 0 bridgehead atoms. The molecule has 3 aromatic rings. The summed E-state index contributed by atoms with van der Waals surface area (Å²) in [5, 5.41) is 0. The van der Waals surface area contributed by atoms with Gasteiger partial charge in [-0.25, -0.2) is 0 Å². The van der Waals surface area contributed by atoms with Crippen molar-refractivity contribution in [1.29, 1.82) is 0 Å². The lowest BCUT2D eigenvalue weighted by Crippen LogP contribution is -2.23. The van der Waals surface area contributed by atoms with Crippen LogP contribution in [-0.4, -0.2) is 19.2 Å². The maximum absolute atomic E-state index is 5.37. The molecule has 0 unspecified atom stereocenters. The van der Waals surface area contributed by atoms with Gasteiger partial charge >= 0.3 is 0 Å². The number of pyridine rings is 1. The van der Waals surface area contributed by atoms with Crippen molar-refractivity contribution in [3.05, 3.63) is 83.2 Å². The van der Waals surface area contributed by atoms with E-state index in [1.165, 1.54) is 60.3 Å². The Morgan fingerprint density at radius 1 is 0.794 bits per heavy atom. The van der Waals surface area contributed by atoms with E-state index >= 15 is 0 Å².